The second-order valence-corrected chi connectivity index (χ2v) is 5.95. The fourth-order valence-corrected chi connectivity index (χ4v) is 2.30. The van der Waals surface area contributed by atoms with Crippen molar-refractivity contribution in [2.75, 3.05) is 19.8 Å². The fourth-order valence-electron chi connectivity index (χ4n) is 2.30. The van der Waals surface area contributed by atoms with Crippen molar-refractivity contribution < 1.29 is 13.5 Å². The van der Waals surface area contributed by atoms with Gasteiger partial charge in [-0.3, -0.25) is 0 Å². The number of ether oxygens (including phenoxy) is 1. The van der Waals surface area contributed by atoms with Gasteiger partial charge < -0.3 is 19.9 Å². The van der Waals surface area contributed by atoms with E-state index >= 15 is 0 Å². The third kappa shape index (κ3) is 6.59. The third-order valence-corrected chi connectivity index (χ3v) is 3.97. The van der Waals surface area contributed by atoms with E-state index in [1.807, 2.05) is 25.5 Å². The van der Waals surface area contributed by atoms with Crippen LogP contribution in [0.25, 0.3) is 0 Å². The van der Waals surface area contributed by atoms with E-state index in [1.54, 1.807) is 0 Å². The Kier molecular flexibility index (Phi) is 8.12. The van der Waals surface area contributed by atoms with Gasteiger partial charge in [0.1, 0.15) is 17.5 Å². The molecular formula is C18H26F2N6O. The number of benzene rings is 1. The van der Waals surface area contributed by atoms with E-state index in [-0.39, 0.29) is 12.1 Å². The quantitative estimate of drug-likeness (QED) is 0.396. The predicted molar refractivity (Wildman–Crippen MR) is 99.2 cm³/mol. The molecule has 0 amide bonds. The molecule has 2 rings (SSSR count). The highest BCUT2D eigenvalue weighted by Gasteiger charge is 2.08. The molecule has 27 heavy (non-hydrogen) atoms. The van der Waals surface area contributed by atoms with Crippen LogP contribution < -0.4 is 10.6 Å². The molecule has 7 nitrogen and oxygen atoms in total. The Bertz CT molecular complexity index is 762. The lowest BCUT2D eigenvalue weighted by atomic mass is 10.2. The summed E-state index contributed by atoms with van der Waals surface area (Å²) in [4.78, 5) is 4.35. The smallest absolute Gasteiger partial charge is 0.191 e. The second-order valence-electron chi connectivity index (χ2n) is 5.95. The van der Waals surface area contributed by atoms with E-state index in [0.29, 0.717) is 32.3 Å². The normalized spacial score (nSPS) is 11.7. The van der Waals surface area contributed by atoms with Crippen molar-refractivity contribution in [3.8, 4) is 0 Å². The summed E-state index contributed by atoms with van der Waals surface area (Å²) in [5, 5.41) is 14.4. The molecule has 9 heteroatoms. The summed E-state index contributed by atoms with van der Waals surface area (Å²) < 4.78 is 34.3. The Morgan fingerprint density at radius 1 is 1.26 bits per heavy atom. The highest BCUT2D eigenvalue weighted by Crippen LogP contribution is 2.10. The number of halogens is 2. The monoisotopic (exact) mass is 380 g/mol. The van der Waals surface area contributed by atoms with Gasteiger partial charge in [-0.25, -0.2) is 13.8 Å². The standard InChI is InChI=1S/C18H26F2N6O/c1-4-27-9-5-8-21-18(23-12-17-25-24-13(2)26(17)3)22-11-14-10-15(19)6-7-16(14)20/h6-7,10H,4-5,8-9,11-12H2,1-3H3,(H2,21,22,23). The molecule has 1 aromatic carbocycles. The van der Waals surface area contributed by atoms with Gasteiger partial charge in [0.25, 0.3) is 0 Å². The van der Waals surface area contributed by atoms with Crippen molar-refractivity contribution in [1.82, 2.24) is 25.4 Å². The van der Waals surface area contributed by atoms with Gasteiger partial charge in [-0.1, -0.05) is 0 Å². The average molecular weight is 380 g/mol. The number of aryl methyl sites for hydroxylation is 1. The van der Waals surface area contributed by atoms with Crippen molar-refractivity contribution in [2.45, 2.75) is 33.4 Å². The van der Waals surface area contributed by atoms with Gasteiger partial charge in [-0.15, -0.1) is 10.2 Å². The molecule has 0 atom stereocenters. The van der Waals surface area contributed by atoms with Gasteiger partial charge >= 0.3 is 0 Å². The Balaban J connectivity index is 2.01. The minimum Gasteiger partial charge on any atom is -0.382 e. The largest absolute Gasteiger partial charge is 0.382 e. The second kappa shape index (κ2) is 10.6. The van der Waals surface area contributed by atoms with Crippen molar-refractivity contribution in [2.24, 2.45) is 12.0 Å². The number of aromatic nitrogens is 3. The van der Waals surface area contributed by atoms with E-state index in [4.69, 9.17) is 4.74 Å². The summed E-state index contributed by atoms with van der Waals surface area (Å²) in [6.07, 6.45) is 0.798. The third-order valence-electron chi connectivity index (χ3n) is 3.97. The maximum atomic E-state index is 13.8. The lowest BCUT2D eigenvalue weighted by molar-refractivity contribution is 0.145. The summed E-state index contributed by atoms with van der Waals surface area (Å²) in [7, 11) is 1.88. The van der Waals surface area contributed by atoms with Crippen LogP contribution in [-0.4, -0.2) is 40.5 Å². The molecule has 1 aromatic heterocycles. The topological polar surface area (TPSA) is 76.4 Å². The Morgan fingerprint density at radius 2 is 2.07 bits per heavy atom. The van der Waals surface area contributed by atoms with Crippen molar-refractivity contribution in [1.29, 1.82) is 0 Å². The minimum absolute atomic E-state index is 0.0161. The van der Waals surface area contributed by atoms with Crippen LogP contribution in [-0.2, 0) is 24.9 Å². The molecule has 1 heterocycles. The van der Waals surface area contributed by atoms with Gasteiger partial charge in [0.05, 0.1) is 13.1 Å². The van der Waals surface area contributed by atoms with Gasteiger partial charge in [-0.2, -0.15) is 0 Å². The van der Waals surface area contributed by atoms with Gasteiger partial charge in [0.2, 0.25) is 0 Å². The van der Waals surface area contributed by atoms with Crippen LogP contribution in [0.4, 0.5) is 8.78 Å². The fraction of sp³-hybridized carbons (Fsp3) is 0.500. The molecule has 0 aliphatic rings. The Hall–Kier alpha value is -2.55. The van der Waals surface area contributed by atoms with Crippen LogP contribution in [0, 0.1) is 18.6 Å². The van der Waals surface area contributed by atoms with Crippen molar-refractivity contribution >= 4 is 5.96 Å². The zero-order chi connectivity index (χ0) is 19.6. The maximum Gasteiger partial charge on any atom is 0.191 e. The molecule has 0 spiro atoms. The molecule has 2 aromatic rings. The average Bonchev–Trinajstić information content (AvgIpc) is 2.97. The lowest BCUT2D eigenvalue weighted by Crippen LogP contribution is -2.38. The van der Waals surface area contributed by atoms with Crippen LogP contribution in [0.2, 0.25) is 0 Å². The number of hydrogen-bond acceptors (Lipinski definition) is 4. The summed E-state index contributed by atoms with van der Waals surface area (Å²) in [6.45, 7) is 6.17. The van der Waals surface area contributed by atoms with Crippen LogP contribution in [0.15, 0.2) is 23.2 Å². The van der Waals surface area contributed by atoms with Gasteiger partial charge in [0.15, 0.2) is 11.8 Å². The number of nitrogens with zero attached hydrogens (tertiary/aromatic N) is 4. The molecule has 0 saturated carbocycles. The predicted octanol–water partition coefficient (Wildman–Crippen LogP) is 2.06. The van der Waals surface area contributed by atoms with E-state index in [1.165, 1.54) is 0 Å². The molecule has 0 bridgehead atoms. The van der Waals surface area contributed by atoms with E-state index in [9.17, 15) is 8.78 Å². The molecule has 0 radical (unpaired) electrons. The highest BCUT2D eigenvalue weighted by molar-refractivity contribution is 5.79. The summed E-state index contributed by atoms with van der Waals surface area (Å²) in [5.41, 5.74) is 0.194. The highest BCUT2D eigenvalue weighted by atomic mass is 19.1. The van der Waals surface area contributed by atoms with E-state index in [2.05, 4.69) is 25.8 Å². The number of nitrogens with one attached hydrogen (secondary N) is 2. The number of hydrogen-bond donors (Lipinski definition) is 2. The molecule has 0 aliphatic heterocycles. The van der Waals surface area contributed by atoms with Crippen LogP contribution in [0.5, 0.6) is 0 Å². The number of rotatable bonds is 9. The first-order valence-electron chi connectivity index (χ1n) is 8.90. The number of guanidine groups is 1. The molecule has 148 valence electrons. The molecular weight excluding hydrogens is 354 g/mol. The van der Waals surface area contributed by atoms with Crippen LogP contribution in [0.1, 0.15) is 30.6 Å². The molecule has 2 N–H and O–H groups in total. The van der Waals surface area contributed by atoms with E-state index < -0.39 is 11.6 Å². The SMILES string of the molecule is CCOCCCNC(=NCc1cc(F)ccc1F)NCc1nnc(C)n1C. The molecule has 0 unspecified atom stereocenters. The minimum atomic E-state index is -0.490. The molecule has 0 fully saturated rings. The Labute approximate surface area is 157 Å². The van der Waals surface area contributed by atoms with Crippen molar-refractivity contribution in [3.63, 3.8) is 0 Å². The number of aliphatic imine (C=N–C) groups is 1. The first-order chi connectivity index (χ1) is 13.0. The summed E-state index contributed by atoms with van der Waals surface area (Å²) in [5.74, 6) is 1.05. The van der Waals surface area contributed by atoms with Crippen LogP contribution in [0.3, 0.4) is 0 Å². The summed E-state index contributed by atoms with van der Waals surface area (Å²) in [6, 6.07) is 3.34. The molecule has 0 aliphatic carbocycles. The first kappa shape index (κ1) is 20.8. The Morgan fingerprint density at radius 3 is 2.78 bits per heavy atom. The van der Waals surface area contributed by atoms with Gasteiger partial charge in [0, 0.05) is 32.4 Å². The van der Waals surface area contributed by atoms with Crippen molar-refractivity contribution in [3.05, 3.63) is 47.0 Å². The van der Waals surface area contributed by atoms with E-state index in [0.717, 1.165) is 36.3 Å². The summed E-state index contributed by atoms with van der Waals surface area (Å²) >= 11 is 0. The maximum absolute atomic E-state index is 13.8. The lowest BCUT2D eigenvalue weighted by Gasteiger charge is -2.13. The van der Waals surface area contributed by atoms with Crippen LogP contribution >= 0.6 is 0 Å². The van der Waals surface area contributed by atoms with Gasteiger partial charge in [-0.05, 0) is 38.5 Å². The zero-order valence-electron chi connectivity index (χ0n) is 15.9. The molecule has 0 saturated heterocycles. The zero-order valence-corrected chi connectivity index (χ0v) is 15.9. The first-order valence-corrected chi connectivity index (χ1v) is 8.90.